The third kappa shape index (κ3) is 4.46. The quantitative estimate of drug-likeness (QED) is 0.682. The predicted octanol–water partition coefficient (Wildman–Crippen LogP) is 4.90. The van der Waals surface area contributed by atoms with Crippen molar-refractivity contribution in [2.45, 2.75) is 19.1 Å². The Morgan fingerprint density at radius 1 is 1.22 bits per heavy atom. The Kier molecular flexibility index (Phi) is 5.18. The Morgan fingerprint density at radius 2 is 2.00 bits per heavy atom. The summed E-state index contributed by atoms with van der Waals surface area (Å²) in [5, 5.41) is 6.93. The Hall–Kier alpha value is -2.87. The van der Waals surface area contributed by atoms with Crippen molar-refractivity contribution in [1.29, 1.82) is 0 Å². The molecule has 0 bridgehead atoms. The molecule has 0 saturated heterocycles. The maximum atomic E-state index is 12.8. The average molecular weight is 396 g/mol. The number of nitrogens with one attached hydrogen (secondary N) is 1. The lowest BCUT2D eigenvalue weighted by Crippen LogP contribution is -2.26. The second-order valence-electron chi connectivity index (χ2n) is 5.75. The number of carbonyl (C=O) groups is 1. The molecule has 1 N–H and O–H groups in total. The number of hydrogen-bond acceptors (Lipinski definition) is 4. The molecule has 2 heterocycles. The van der Waals surface area contributed by atoms with Crippen molar-refractivity contribution < 1.29 is 22.5 Å². The number of benzene rings is 1. The van der Waals surface area contributed by atoms with Gasteiger partial charge in [-0.2, -0.15) is 13.2 Å². The van der Waals surface area contributed by atoms with Gasteiger partial charge in [0.25, 0.3) is 5.91 Å². The fourth-order valence-corrected chi connectivity index (χ4v) is 2.55. The van der Waals surface area contributed by atoms with Crippen molar-refractivity contribution >= 4 is 17.5 Å². The third-order valence-electron chi connectivity index (χ3n) is 3.74. The minimum atomic E-state index is -4.55. The van der Waals surface area contributed by atoms with Crippen LogP contribution in [0.4, 0.5) is 13.2 Å². The first-order valence-corrected chi connectivity index (χ1v) is 8.18. The minimum absolute atomic E-state index is 0.209. The normalized spacial score (nSPS) is 12.6. The second-order valence-corrected chi connectivity index (χ2v) is 6.18. The lowest BCUT2D eigenvalue weighted by atomic mass is 10.1. The summed E-state index contributed by atoms with van der Waals surface area (Å²) < 4.78 is 43.5. The van der Waals surface area contributed by atoms with Crippen molar-refractivity contribution in [3.63, 3.8) is 0 Å². The molecule has 5 nitrogen and oxygen atoms in total. The van der Waals surface area contributed by atoms with Gasteiger partial charge < -0.3 is 9.84 Å². The van der Waals surface area contributed by atoms with Crippen molar-refractivity contribution in [1.82, 2.24) is 15.5 Å². The highest BCUT2D eigenvalue weighted by molar-refractivity contribution is 6.30. The molecule has 0 radical (unpaired) electrons. The number of nitrogens with zero attached hydrogens (tertiary/aromatic N) is 2. The van der Waals surface area contributed by atoms with Crippen LogP contribution in [0.5, 0.6) is 0 Å². The Labute approximate surface area is 157 Å². The summed E-state index contributed by atoms with van der Waals surface area (Å²) in [6.45, 7) is 1.67. The maximum Gasteiger partial charge on any atom is 0.433 e. The van der Waals surface area contributed by atoms with Crippen molar-refractivity contribution in [2.24, 2.45) is 0 Å². The zero-order valence-electron chi connectivity index (χ0n) is 13.9. The molecule has 0 aliphatic heterocycles. The van der Waals surface area contributed by atoms with E-state index in [1.807, 2.05) is 0 Å². The van der Waals surface area contributed by atoms with E-state index in [4.69, 9.17) is 16.1 Å². The Bertz CT molecular complexity index is 972. The first-order chi connectivity index (χ1) is 12.7. The summed E-state index contributed by atoms with van der Waals surface area (Å²) >= 11 is 5.86. The van der Waals surface area contributed by atoms with Gasteiger partial charge in [0, 0.05) is 28.4 Å². The first-order valence-electron chi connectivity index (χ1n) is 7.80. The smallest absolute Gasteiger partial charge is 0.359 e. The number of halogens is 4. The van der Waals surface area contributed by atoms with Gasteiger partial charge in [0.1, 0.15) is 11.4 Å². The van der Waals surface area contributed by atoms with Crippen LogP contribution in [-0.4, -0.2) is 16.0 Å². The van der Waals surface area contributed by atoms with Gasteiger partial charge in [-0.1, -0.05) is 22.8 Å². The largest absolute Gasteiger partial charge is 0.433 e. The zero-order chi connectivity index (χ0) is 19.6. The van der Waals surface area contributed by atoms with E-state index in [1.54, 1.807) is 25.1 Å². The van der Waals surface area contributed by atoms with E-state index in [0.29, 0.717) is 16.3 Å². The van der Waals surface area contributed by atoms with Crippen LogP contribution in [0.3, 0.4) is 0 Å². The summed E-state index contributed by atoms with van der Waals surface area (Å²) in [5.74, 6) is -0.0723. The van der Waals surface area contributed by atoms with E-state index in [1.165, 1.54) is 18.2 Å². The van der Waals surface area contributed by atoms with Crippen LogP contribution in [-0.2, 0) is 6.18 Å². The van der Waals surface area contributed by atoms with Gasteiger partial charge in [0.05, 0.1) is 6.04 Å². The molecule has 27 heavy (non-hydrogen) atoms. The predicted molar refractivity (Wildman–Crippen MR) is 92.1 cm³/mol. The van der Waals surface area contributed by atoms with Crippen molar-refractivity contribution in [3.05, 3.63) is 70.7 Å². The molecule has 9 heteroatoms. The molecule has 1 amide bonds. The highest BCUT2D eigenvalue weighted by Gasteiger charge is 2.32. The van der Waals surface area contributed by atoms with Crippen molar-refractivity contribution in [3.8, 4) is 11.3 Å². The molecule has 0 unspecified atom stereocenters. The number of carbonyl (C=O) groups excluding carboxylic acids is 1. The zero-order valence-corrected chi connectivity index (χ0v) is 14.7. The standard InChI is InChI=1S/C18H13ClF3N3O2/c1-10(24-17(26)12-3-2-4-13(19)7-12)15-9-14(25-27-15)11-5-6-23-16(8-11)18(20,21)22/h2-10H,1H3,(H,24,26)/t10-/m0/s1. The van der Waals surface area contributed by atoms with Gasteiger partial charge in [-0.25, -0.2) is 0 Å². The number of rotatable bonds is 4. The fourth-order valence-electron chi connectivity index (χ4n) is 2.36. The molecule has 0 saturated carbocycles. The number of amides is 1. The maximum absolute atomic E-state index is 12.8. The summed E-state index contributed by atoms with van der Waals surface area (Å²) in [7, 11) is 0. The van der Waals surface area contributed by atoms with E-state index in [-0.39, 0.29) is 17.2 Å². The van der Waals surface area contributed by atoms with Crippen LogP contribution < -0.4 is 5.32 Å². The molecule has 0 aliphatic carbocycles. The number of pyridine rings is 1. The second kappa shape index (κ2) is 7.40. The van der Waals surface area contributed by atoms with Gasteiger partial charge in [-0.15, -0.1) is 0 Å². The molecule has 140 valence electrons. The third-order valence-corrected chi connectivity index (χ3v) is 3.97. The van der Waals surface area contributed by atoms with Gasteiger partial charge >= 0.3 is 6.18 Å². The van der Waals surface area contributed by atoms with E-state index in [9.17, 15) is 18.0 Å². The number of alkyl halides is 3. The number of aromatic nitrogens is 2. The highest BCUT2D eigenvalue weighted by Crippen LogP contribution is 2.30. The molecule has 0 aliphatic rings. The topological polar surface area (TPSA) is 68.0 Å². The van der Waals surface area contributed by atoms with E-state index >= 15 is 0 Å². The monoisotopic (exact) mass is 395 g/mol. The molecule has 0 spiro atoms. The van der Waals surface area contributed by atoms with E-state index in [2.05, 4.69) is 15.5 Å². The molecule has 3 rings (SSSR count). The molecular weight excluding hydrogens is 383 g/mol. The van der Waals surface area contributed by atoms with Crippen molar-refractivity contribution in [2.75, 3.05) is 0 Å². The molecule has 0 fully saturated rings. The van der Waals surface area contributed by atoms with E-state index in [0.717, 1.165) is 12.3 Å². The summed E-state index contributed by atoms with van der Waals surface area (Å²) in [4.78, 5) is 15.6. The summed E-state index contributed by atoms with van der Waals surface area (Å²) in [6, 6.07) is 9.62. The number of hydrogen-bond donors (Lipinski definition) is 1. The molecule has 1 atom stereocenters. The SMILES string of the molecule is C[C@H](NC(=O)c1cccc(Cl)c1)c1cc(-c2ccnc(C(F)(F)F)c2)no1. The van der Waals surface area contributed by atoms with Crippen LogP contribution in [0, 0.1) is 0 Å². The minimum Gasteiger partial charge on any atom is -0.359 e. The average Bonchev–Trinajstić information content (AvgIpc) is 3.11. The highest BCUT2D eigenvalue weighted by atomic mass is 35.5. The molecule has 2 aromatic heterocycles. The molecule has 1 aromatic carbocycles. The van der Waals surface area contributed by atoms with Gasteiger partial charge in [0.2, 0.25) is 0 Å². The van der Waals surface area contributed by atoms with Crippen LogP contribution in [0.15, 0.2) is 53.2 Å². The summed E-state index contributed by atoms with van der Waals surface area (Å²) in [5.41, 5.74) is -0.229. The lowest BCUT2D eigenvalue weighted by molar-refractivity contribution is -0.141. The fraction of sp³-hybridized carbons (Fsp3) is 0.167. The van der Waals surface area contributed by atoms with E-state index < -0.39 is 17.9 Å². The van der Waals surface area contributed by atoms with Crippen LogP contribution >= 0.6 is 11.6 Å². The van der Waals surface area contributed by atoms with Gasteiger partial charge in [-0.05, 0) is 37.3 Å². The molecule has 3 aromatic rings. The summed E-state index contributed by atoms with van der Waals surface area (Å²) in [6.07, 6.45) is -3.50. The van der Waals surface area contributed by atoms with Gasteiger partial charge in [0.15, 0.2) is 5.76 Å². The van der Waals surface area contributed by atoms with Gasteiger partial charge in [-0.3, -0.25) is 9.78 Å². The van der Waals surface area contributed by atoms with Crippen LogP contribution in [0.1, 0.15) is 34.8 Å². The Morgan fingerprint density at radius 3 is 2.70 bits per heavy atom. The lowest BCUT2D eigenvalue weighted by Gasteiger charge is -2.10. The first kappa shape index (κ1) is 18.9. The Balaban J connectivity index is 1.76. The van der Waals surface area contributed by atoms with Crippen LogP contribution in [0.2, 0.25) is 5.02 Å². The van der Waals surface area contributed by atoms with Crippen LogP contribution in [0.25, 0.3) is 11.3 Å². The molecular formula is C18H13ClF3N3O2.